The molecule has 0 aromatic heterocycles. The number of primary amides is 1. The molecule has 0 saturated heterocycles. The molecule has 2 N–H and O–H groups in total. The summed E-state index contributed by atoms with van der Waals surface area (Å²) in [5.41, 5.74) is 7.03. The minimum absolute atomic E-state index is 0.0975. The quantitative estimate of drug-likeness (QED) is 0.182. The third kappa shape index (κ3) is 13.8. The van der Waals surface area contributed by atoms with Crippen LogP contribution in [-0.2, 0) is 11.2 Å². The molecule has 0 heterocycles. The second-order valence-corrected chi connectivity index (χ2v) is 9.71. The maximum Gasteiger partial charge on any atom is 0.230 e. The van der Waals surface area contributed by atoms with Gasteiger partial charge < -0.3 is 5.73 Å². The van der Waals surface area contributed by atoms with Gasteiger partial charge in [-0.05, 0) is 37.0 Å². The summed E-state index contributed by atoms with van der Waals surface area (Å²) in [6.45, 7) is 4.48. The highest BCUT2D eigenvalue weighted by Crippen LogP contribution is 2.27. The van der Waals surface area contributed by atoms with Crippen molar-refractivity contribution in [3.63, 3.8) is 0 Å². The molecule has 1 aromatic rings. The van der Waals surface area contributed by atoms with Gasteiger partial charge in [-0.15, -0.1) is 11.8 Å². The topological polar surface area (TPSA) is 43.1 Å². The average molecular weight is 420 g/mol. The first kappa shape index (κ1) is 26.1. The fraction of sp³-hybridized carbons (Fsp3) is 0.731. The van der Waals surface area contributed by atoms with E-state index in [1.54, 1.807) is 11.8 Å². The Morgan fingerprint density at radius 1 is 0.759 bits per heavy atom. The minimum atomic E-state index is -0.180. The summed E-state index contributed by atoms with van der Waals surface area (Å²) in [6, 6.07) is 8.78. The summed E-state index contributed by atoms with van der Waals surface area (Å²) in [5.74, 6) is -0.180. The van der Waals surface area contributed by atoms with E-state index in [1.165, 1.54) is 89.0 Å². The minimum Gasteiger partial charge on any atom is -0.369 e. The van der Waals surface area contributed by atoms with Crippen molar-refractivity contribution in [3.8, 4) is 0 Å². The standard InChI is InChI=1S/C26H45NOS/c1-3-5-7-9-10-11-12-13-14-15-17-23-19-21-24(22-20-23)29-25(26(27)28)18-16-8-6-4-2/h19-22,25H,3-18H2,1-2H3,(H2,27,28). The van der Waals surface area contributed by atoms with Gasteiger partial charge in [-0.25, -0.2) is 0 Å². The van der Waals surface area contributed by atoms with Gasteiger partial charge in [0.25, 0.3) is 0 Å². The highest BCUT2D eigenvalue weighted by atomic mass is 32.2. The van der Waals surface area contributed by atoms with Crippen molar-refractivity contribution in [2.75, 3.05) is 0 Å². The normalized spacial score (nSPS) is 12.2. The van der Waals surface area contributed by atoms with E-state index in [-0.39, 0.29) is 11.2 Å². The molecule has 0 aliphatic carbocycles. The number of nitrogens with two attached hydrogens (primary N) is 1. The highest BCUT2D eigenvalue weighted by Gasteiger charge is 2.16. The van der Waals surface area contributed by atoms with Crippen LogP contribution >= 0.6 is 11.8 Å². The molecule has 1 atom stereocenters. The third-order valence-corrected chi connectivity index (χ3v) is 6.95. The van der Waals surface area contributed by atoms with Gasteiger partial charge in [-0.2, -0.15) is 0 Å². The Morgan fingerprint density at radius 3 is 1.76 bits per heavy atom. The van der Waals surface area contributed by atoms with Gasteiger partial charge in [-0.1, -0.05) is 109 Å². The second kappa shape index (κ2) is 17.9. The van der Waals surface area contributed by atoms with E-state index >= 15 is 0 Å². The lowest BCUT2D eigenvalue weighted by molar-refractivity contribution is -0.117. The van der Waals surface area contributed by atoms with Crippen molar-refractivity contribution in [3.05, 3.63) is 29.8 Å². The van der Waals surface area contributed by atoms with Gasteiger partial charge in [0, 0.05) is 4.90 Å². The number of carbonyl (C=O) groups excluding carboxylic acids is 1. The van der Waals surface area contributed by atoms with Crippen LogP contribution in [0, 0.1) is 0 Å². The number of hydrogen-bond acceptors (Lipinski definition) is 2. The van der Waals surface area contributed by atoms with Crippen molar-refractivity contribution in [2.24, 2.45) is 5.73 Å². The number of unbranched alkanes of at least 4 members (excludes halogenated alkanes) is 12. The molecule has 0 aliphatic heterocycles. The van der Waals surface area contributed by atoms with Crippen molar-refractivity contribution >= 4 is 17.7 Å². The zero-order chi connectivity index (χ0) is 21.2. The Bertz CT molecular complexity index is 514. The van der Waals surface area contributed by atoms with Gasteiger partial charge in [0.1, 0.15) is 0 Å². The first-order valence-electron chi connectivity index (χ1n) is 12.2. The van der Waals surface area contributed by atoms with Gasteiger partial charge in [0.15, 0.2) is 0 Å². The Kier molecular flexibility index (Phi) is 16.1. The Hall–Kier alpha value is -0.960. The van der Waals surface area contributed by atoms with E-state index in [1.807, 2.05) is 0 Å². The predicted octanol–water partition coefficient (Wildman–Crippen LogP) is 8.07. The zero-order valence-corrected chi connectivity index (χ0v) is 19.9. The van der Waals surface area contributed by atoms with Crippen LogP contribution < -0.4 is 5.73 Å². The molecule has 0 radical (unpaired) electrons. The summed E-state index contributed by atoms with van der Waals surface area (Å²) in [7, 11) is 0. The molecule has 29 heavy (non-hydrogen) atoms. The Balaban J connectivity index is 2.18. The maximum absolute atomic E-state index is 11.8. The summed E-state index contributed by atoms with van der Waals surface area (Å²) in [5, 5.41) is -0.0975. The molecule has 1 amide bonds. The maximum atomic E-state index is 11.8. The van der Waals surface area contributed by atoms with Crippen LogP contribution in [-0.4, -0.2) is 11.2 Å². The third-order valence-electron chi connectivity index (χ3n) is 5.66. The number of carbonyl (C=O) groups is 1. The van der Waals surface area contributed by atoms with Crippen molar-refractivity contribution < 1.29 is 4.79 Å². The van der Waals surface area contributed by atoms with E-state index < -0.39 is 0 Å². The molecular formula is C26H45NOS. The van der Waals surface area contributed by atoms with Crippen LogP contribution in [0.4, 0.5) is 0 Å². The van der Waals surface area contributed by atoms with Crippen LogP contribution in [0.15, 0.2) is 29.2 Å². The number of hydrogen-bond donors (Lipinski definition) is 1. The second-order valence-electron chi connectivity index (χ2n) is 8.43. The molecule has 166 valence electrons. The van der Waals surface area contributed by atoms with Crippen LogP contribution in [0.1, 0.15) is 116 Å². The summed E-state index contributed by atoms with van der Waals surface area (Å²) in [4.78, 5) is 12.9. The Morgan fingerprint density at radius 2 is 1.24 bits per heavy atom. The van der Waals surface area contributed by atoms with Crippen LogP contribution in [0.3, 0.4) is 0 Å². The smallest absolute Gasteiger partial charge is 0.230 e. The van der Waals surface area contributed by atoms with E-state index in [0.29, 0.717) is 0 Å². The number of rotatable bonds is 19. The average Bonchev–Trinajstić information content (AvgIpc) is 2.72. The molecule has 0 saturated carbocycles. The number of amides is 1. The lowest BCUT2D eigenvalue weighted by Crippen LogP contribution is -2.25. The molecule has 0 spiro atoms. The Labute approximate surface area is 184 Å². The van der Waals surface area contributed by atoms with Gasteiger partial charge in [0.05, 0.1) is 5.25 Å². The number of benzene rings is 1. The monoisotopic (exact) mass is 419 g/mol. The molecule has 1 unspecified atom stereocenters. The molecule has 3 heteroatoms. The van der Waals surface area contributed by atoms with E-state index in [2.05, 4.69) is 38.1 Å². The van der Waals surface area contributed by atoms with Crippen LogP contribution in [0.25, 0.3) is 0 Å². The summed E-state index contributed by atoms with van der Waals surface area (Å²) in [6.07, 6.45) is 20.6. The SMILES string of the molecule is CCCCCCCCCCCCc1ccc(SC(CCCCCC)C(N)=O)cc1. The first-order valence-corrected chi connectivity index (χ1v) is 13.1. The van der Waals surface area contributed by atoms with Crippen LogP contribution in [0.2, 0.25) is 0 Å². The van der Waals surface area contributed by atoms with E-state index in [9.17, 15) is 4.79 Å². The number of thioether (sulfide) groups is 1. The van der Waals surface area contributed by atoms with Gasteiger partial charge in [-0.3, -0.25) is 4.79 Å². The van der Waals surface area contributed by atoms with Crippen molar-refractivity contribution in [2.45, 2.75) is 127 Å². The lowest BCUT2D eigenvalue weighted by Gasteiger charge is -2.13. The number of aryl methyl sites for hydroxylation is 1. The molecule has 1 aromatic carbocycles. The lowest BCUT2D eigenvalue weighted by atomic mass is 10.0. The summed E-state index contributed by atoms with van der Waals surface area (Å²) < 4.78 is 0. The molecular weight excluding hydrogens is 374 g/mol. The molecule has 0 aliphatic rings. The molecule has 0 bridgehead atoms. The molecule has 1 rings (SSSR count). The van der Waals surface area contributed by atoms with Gasteiger partial charge >= 0.3 is 0 Å². The molecule has 0 fully saturated rings. The summed E-state index contributed by atoms with van der Waals surface area (Å²) >= 11 is 1.63. The predicted molar refractivity (Wildman–Crippen MR) is 130 cm³/mol. The largest absolute Gasteiger partial charge is 0.369 e. The van der Waals surface area contributed by atoms with E-state index in [0.717, 1.165) is 24.2 Å². The van der Waals surface area contributed by atoms with Gasteiger partial charge in [0.2, 0.25) is 5.91 Å². The van der Waals surface area contributed by atoms with Crippen LogP contribution in [0.5, 0.6) is 0 Å². The molecule has 2 nitrogen and oxygen atoms in total. The highest BCUT2D eigenvalue weighted by molar-refractivity contribution is 8.00. The fourth-order valence-corrected chi connectivity index (χ4v) is 4.75. The van der Waals surface area contributed by atoms with Crippen molar-refractivity contribution in [1.82, 2.24) is 0 Å². The fourth-order valence-electron chi connectivity index (χ4n) is 3.73. The zero-order valence-electron chi connectivity index (χ0n) is 19.1. The first-order chi connectivity index (χ1) is 14.2. The van der Waals surface area contributed by atoms with E-state index in [4.69, 9.17) is 5.73 Å². The van der Waals surface area contributed by atoms with Crippen molar-refractivity contribution in [1.29, 1.82) is 0 Å².